The minimum atomic E-state index is -3.45. The van der Waals surface area contributed by atoms with Crippen molar-refractivity contribution in [3.8, 4) is 5.75 Å². The first-order valence-corrected chi connectivity index (χ1v) is 12.9. The number of ether oxygens (including phenoxy) is 1. The monoisotopic (exact) mass is 459 g/mol. The van der Waals surface area contributed by atoms with Gasteiger partial charge in [0.15, 0.2) is 0 Å². The molecule has 3 rings (SSSR count). The predicted octanol–water partition coefficient (Wildman–Crippen LogP) is 3.15. The summed E-state index contributed by atoms with van der Waals surface area (Å²) in [6, 6.07) is 15.2. The van der Waals surface area contributed by atoms with Crippen LogP contribution in [0.15, 0.2) is 48.5 Å². The highest BCUT2D eigenvalue weighted by Crippen LogP contribution is 2.22. The average molecular weight is 460 g/mol. The second-order valence-corrected chi connectivity index (χ2v) is 10.1. The highest BCUT2D eigenvalue weighted by atomic mass is 32.2. The molecule has 0 bridgehead atoms. The lowest BCUT2D eigenvalue weighted by Crippen LogP contribution is -2.32. The Bertz CT molecular complexity index is 987. The second-order valence-electron chi connectivity index (χ2n) is 8.22. The molecule has 0 spiro atoms. The molecule has 1 saturated heterocycles. The molecule has 174 valence electrons. The third kappa shape index (κ3) is 7.24. The lowest BCUT2D eigenvalue weighted by Gasteiger charge is -2.22. The van der Waals surface area contributed by atoms with E-state index in [2.05, 4.69) is 22.3 Å². The zero-order valence-corrected chi connectivity index (χ0v) is 19.7. The number of sulfonamides is 1. The Morgan fingerprint density at radius 2 is 1.78 bits per heavy atom. The molecule has 1 heterocycles. The lowest BCUT2D eigenvalue weighted by atomic mass is 10.1. The molecular weight excluding hydrogens is 426 g/mol. The first-order chi connectivity index (χ1) is 15.3. The van der Waals surface area contributed by atoms with Crippen LogP contribution in [0.5, 0.6) is 5.75 Å². The number of rotatable bonds is 11. The number of likely N-dealkylation sites (tertiary alicyclic amines) is 1. The van der Waals surface area contributed by atoms with Gasteiger partial charge in [0.25, 0.3) is 0 Å². The van der Waals surface area contributed by atoms with Crippen LogP contribution in [0.25, 0.3) is 0 Å². The lowest BCUT2D eigenvalue weighted by molar-refractivity contribution is -0.121. The molecule has 1 N–H and O–H groups in total. The smallest absolute Gasteiger partial charge is 0.232 e. The Balaban J connectivity index is 1.47. The van der Waals surface area contributed by atoms with Crippen molar-refractivity contribution in [2.45, 2.75) is 38.8 Å². The van der Waals surface area contributed by atoms with Gasteiger partial charge in [-0.05, 0) is 67.7 Å². The molecule has 0 radical (unpaired) electrons. The van der Waals surface area contributed by atoms with Crippen LogP contribution in [0.3, 0.4) is 0 Å². The molecule has 0 unspecified atom stereocenters. The summed E-state index contributed by atoms with van der Waals surface area (Å²) in [5, 5.41) is 2.95. The summed E-state index contributed by atoms with van der Waals surface area (Å²) in [5.41, 5.74) is 2.90. The molecule has 1 aliphatic rings. The summed E-state index contributed by atoms with van der Waals surface area (Å²) in [6.07, 6.45) is 4.40. The minimum Gasteiger partial charge on any atom is -0.497 e. The highest BCUT2D eigenvalue weighted by Gasteiger charge is 2.18. The Labute approximate surface area is 191 Å². The molecule has 2 aromatic carbocycles. The molecular formula is C24H33N3O4S. The summed E-state index contributed by atoms with van der Waals surface area (Å²) in [6.45, 7) is 3.98. The number of hydrogen-bond acceptors (Lipinski definition) is 5. The highest BCUT2D eigenvalue weighted by molar-refractivity contribution is 7.92. The number of carbonyl (C=O) groups excluding carboxylic acids is 1. The molecule has 0 aromatic heterocycles. The third-order valence-electron chi connectivity index (χ3n) is 5.61. The molecule has 2 aromatic rings. The fourth-order valence-electron chi connectivity index (χ4n) is 3.94. The number of anilines is 1. The van der Waals surface area contributed by atoms with Gasteiger partial charge < -0.3 is 10.1 Å². The Morgan fingerprint density at radius 1 is 1.09 bits per heavy atom. The van der Waals surface area contributed by atoms with Gasteiger partial charge >= 0.3 is 0 Å². The molecule has 0 aliphatic carbocycles. The van der Waals surface area contributed by atoms with Gasteiger partial charge in [-0.25, -0.2) is 8.42 Å². The summed E-state index contributed by atoms with van der Waals surface area (Å²) in [4.78, 5) is 14.8. The van der Waals surface area contributed by atoms with Crippen LogP contribution in [0.2, 0.25) is 0 Å². The number of benzene rings is 2. The molecule has 8 heteroatoms. The maximum atomic E-state index is 12.3. The molecule has 0 atom stereocenters. The van der Waals surface area contributed by atoms with E-state index < -0.39 is 10.0 Å². The van der Waals surface area contributed by atoms with Crippen LogP contribution in [0, 0.1) is 0 Å². The normalized spacial score (nSPS) is 14.3. The third-order valence-corrected chi connectivity index (χ3v) is 6.81. The maximum absolute atomic E-state index is 12.3. The van der Waals surface area contributed by atoms with Gasteiger partial charge in [0, 0.05) is 26.1 Å². The van der Waals surface area contributed by atoms with E-state index in [0.29, 0.717) is 24.4 Å². The SMILES string of the molecule is COc1ccc(N(CCCC(=O)NCc2cccc(CN3CCCC3)c2)S(C)(=O)=O)cc1. The van der Waals surface area contributed by atoms with Crippen LogP contribution < -0.4 is 14.4 Å². The topological polar surface area (TPSA) is 79.0 Å². The molecule has 1 fully saturated rings. The summed E-state index contributed by atoms with van der Waals surface area (Å²) in [7, 11) is -1.89. The van der Waals surface area contributed by atoms with Crippen molar-refractivity contribution in [1.29, 1.82) is 0 Å². The van der Waals surface area contributed by atoms with Gasteiger partial charge in [-0.15, -0.1) is 0 Å². The number of nitrogens with zero attached hydrogens (tertiary/aromatic N) is 2. The fourth-order valence-corrected chi connectivity index (χ4v) is 4.91. The zero-order chi connectivity index (χ0) is 23.0. The van der Waals surface area contributed by atoms with E-state index in [-0.39, 0.29) is 18.9 Å². The van der Waals surface area contributed by atoms with Gasteiger partial charge in [-0.3, -0.25) is 14.0 Å². The van der Waals surface area contributed by atoms with E-state index in [4.69, 9.17) is 4.74 Å². The van der Waals surface area contributed by atoms with Crippen molar-refractivity contribution in [3.63, 3.8) is 0 Å². The van der Waals surface area contributed by atoms with Crippen LogP contribution >= 0.6 is 0 Å². The van der Waals surface area contributed by atoms with E-state index in [9.17, 15) is 13.2 Å². The zero-order valence-electron chi connectivity index (χ0n) is 18.9. The average Bonchev–Trinajstić information content (AvgIpc) is 3.28. The van der Waals surface area contributed by atoms with Crippen molar-refractivity contribution in [2.75, 3.05) is 37.3 Å². The summed E-state index contributed by atoms with van der Waals surface area (Å²) < 4.78 is 30.9. The Kier molecular flexibility index (Phi) is 8.53. The van der Waals surface area contributed by atoms with Crippen molar-refractivity contribution in [1.82, 2.24) is 10.2 Å². The van der Waals surface area contributed by atoms with Gasteiger partial charge in [0.1, 0.15) is 5.75 Å². The van der Waals surface area contributed by atoms with Crippen molar-refractivity contribution < 1.29 is 17.9 Å². The van der Waals surface area contributed by atoms with E-state index in [1.54, 1.807) is 31.4 Å². The van der Waals surface area contributed by atoms with Crippen LogP contribution in [-0.4, -0.2) is 52.2 Å². The number of hydrogen-bond donors (Lipinski definition) is 1. The predicted molar refractivity (Wildman–Crippen MR) is 127 cm³/mol. The van der Waals surface area contributed by atoms with E-state index >= 15 is 0 Å². The minimum absolute atomic E-state index is 0.0851. The van der Waals surface area contributed by atoms with Crippen molar-refractivity contribution in [3.05, 3.63) is 59.7 Å². The molecule has 0 saturated carbocycles. The summed E-state index contributed by atoms with van der Waals surface area (Å²) >= 11 is 0. The van der Waals surface area contributed by atoms with E-state index in [1.807, 2.05) is 12.1 Å². The van der Waals surface area contributed by atoms with Crippen LogP contribution in [0.4, 0.5) is 5.69 Å². The van der Waals surface area contributed by atoms with Gasteiger partial charge in [-0.2, -0.15) is 0 Å². The first-order valence-electron chi connectivity index (χ1n) is 11.0. The largest absolute Gasteiger partial charge is 0.497 e. The molecule has 7 nitrogen and oxygen atoms in total. The maximum Gasteiger partial charge on any atom is 0.232 e. The van der Waals surface area contributed by atoms with Crippen LogP contribution in [0.1, 0.15) is 36.8 Å². The van der Waals surface area contributed by atoms with E-state index in [0.717, 1.165) is 25.2 Å². The van der Waals surface area contributed by atoms with Gasteiger partial charge in [0.05, 0.1) is 19.1 Å². The number of methoxy groups -OCH3 is 1. The molecule has 1 aliphatic heterocycles. The quantitative estimate of drug-likeness (QED) is 0.558. The second kappa shape index (κ2) is 11.3. The Hall–Kier alpha value is -2.58. The first kappa shape index (κ1) is 24.1. The Morgan fingerprint density at radius 3 is 2.44 bits per heavy atom. The number of carbonyl (C=O) groups is 1. The molecule has 32 heavy (non-hydrogen) atoms. The van der Waals surface area contributed by atoms with Crippen molar-refractivity contribution >= 4 is 21.6 Å². The van der Waals surface area contributed by atoms with Crippen LogP contribution in [-0.2, 0) is 27.9 Å². The number of amides is 1. The van der Waals surface area contributed by atoms with E-state index in [1.165, 1.54) is 29.0 Å². The van der Waals surface area contributed by atoms with Crippen molar-refractivity contribution in [2.24, 2.45) is 0 Å². The summed E-state index contributed by atoms with van der Waals surface area (Å²) in [5.74, 6) is 0.573. The van der Waals surface area contributed by atoms with Gasteiger partial charge in [0.2, 0.25) is 15.9 Å². The van der Waals surface area contributed by atoms with Gasteiger partial charge in [-0.1, -0.05) is 24.3 Å². The molecule has 1 amide bonds. The fraction of sp³-hybridized carbons (Fsp3) is 0.458. The number of nitrogens with one attached hydrogen (secondary N) is 1. The standard InChI is InChI=1S/C24H33N3O4S/c1-31-23-12-10-22(11-13-23)27(32(2,29)30)16-6-9-24(28)25-18-20-7-5-8-21(17-20)19-26-14-3-4-15-26/h5,7-8,10-13,17H,3-4,6,9,14-16,18-19H2,1-2H3,(H,25,28).